The zero-order valence-corrected chi connectivity index (χ0v) is 11.5. The number of carbonyl (C=O) groups is 2. The van der Waals surface area contributed by atoms with Gasteiger partial charge in [0.1, 0.15) is 0 Å². The standard InChI is InChI=1S/C13H24N2O3/c1-9(2)14-6-4-5-12(16)15-7-10(3)11(8-15)13(17)18/h9-11,14H,4-8H2,1-3H3,(H,17,18)/t10-,11-/m1/s1. The maximum Gasteiger partial charge on any atom is 0.308 e. The van der Waals surface area contributed by atoms with Crippen LogP contribution in [0.3, 0.4) is 0 Å². The molecule has 1 aliphatic heterocycles. The van der Waals surface area contributed by atoms with Crippen LogP contribution in [0.15, 0.2) is 0 Å². The number of carbonyl (C=O) groups excluding carboxylic acids is 1. The summed E-state index contributed by atoms with van der Waals surface area (Å²) in [5.41, 5.74) is 0. The molecule has 0 unspecified atom stereocenters. The summed E-state index contributed by atoms with van der Waals surface area (Å²) in [6, 6.07) is 0.434. The van der Waals surface area contributed by atoms with E-state index in [0.717, 1.165) is 13.0 Å². The summed E-state index contributed by atoms with van der Waals surface area (Å²) < 4.78 is 0. The molecule has 0 radical (unpaired) electrons. The van der Waals surface area contributed by atoms with Crippen molar-refractivity contribution in [3.63, 3.8) is 0 Å². The second kappa shape index (κ2) is 6.73. The first-order valence-electron chi connectivity index (χ1n) is 6.65. The van der Waals surface area contributed by atoms with Crippen LogP contribution in [-0.2, 0) is 9.59 Å². The SMILES string of the molecule is CC(C)NCCCC(=O)N1C[C@@H](C)[C@H](C(=O)O)C1. The van der Waals surface area contributed by atoms with E-state index in [9.17, 15) is 9.59 Å². The molecule has 1 heterocycles. The molecule has 0 aliphatic carbocycles. The molecule has 0 bridgehead atoms. The normalized spacial score (nSPS) is 23.7. The Hall–Kier alpha value is -1.10. The van der Waals surface area contributed by atoms with Crippen LogP contribution < -0.4 is 5.32 Å². The van der Waals surface area contributed by atoms with Crippen molar-refractivity contribution < 1.29 is 14.7 Å². The van der Waals surface area contributed by atoms with Crippen molar-refractivity contribution in [3.8, 4) is 0 Å². The summed E-state index contributed by atoms with van der Waals surface area (Å²) in [5.74, 6) is -1.06. The van der Waals surface area contributed by atoms with Gasteiger partial charge in [0, 0.05) is 25.6 Å². The summed E-state index contributed by atoms with van der Waals surface area (Å²) in [5, 5.41) is 12.3. The van der Waals surface area contributed by atoms with Crippen LogP contribution in [0.5, 0.6) is 0 Å². The zero-order valence-electron chi connectivity index (χ0n) is 11.5. The fourth-order valence-corrected chi connectivity index (χ4v) is 2.28. The van der Waals surface area contributed by atoms with Crippen LogP contribution in [0.25, 0.3) is 0 Å². The number of carboxylic acid groups (broad SMARTS) is 1. The number of hydrogen-bond donors (Lipinski definition) is 2. The van der Waals surface area contributed by atoms with Gasteiger partial charge in [0.25, 0.3) is 0 Å². The molecule has 0 spiro atoms. The number of likely N-dealkylation sites (tertiary alicyclic amines) is 1. The average Bonchev–Trinajstić information content (AvgIpc) is 2.66. The number of hydrogen-bond acceptors (Lipinski definition) is 3. The Kier molecular flexibility index (Phi) is 5.59. The Morgan fingerprint density at radius 2 is 2.06 bits per heavy atom. The number of nitrogens with zero attached hydrogens (tertiary/aromatic N) is 1. The van der Waals surface area contributed by atoms with Crippen LogP contribution in [-0.4, -0.2) is 47.6 Å². The topological polar surface area (TPSA) is 69.6 Å². The molecule has 2 N–H and O–H groups in total. The maximum absolute atomic E-state index is 11.9. The molecule has 18 heavy (non-hydrogen) atoms. The van der Waals surface area contributed by atoms with Gasteiger partial charge in [0.2, 0.25) is 5.91 Å². The van der Waals surface area contributed by atoms with E-state index in [0.29, 0.717) is 25.6 Å². The fraction of sp³-hybridized carbons (Fsp3) is 0.846. The molecule has 1 fully saturated rings. The van der Waals surface area contributed by atoms with Crippen LogP contribution in [0.2, 0.25) is 0 Å². The predicted molar refractivity (Wildman–Crippen MR) is 69.2 cm³/mol. The quantitative estimate of drug-likeness (QED) is 0.694. The van der Waals surface area contributed by atoms with Gasteiger partial charge >= 0.3 is 5.97 Å². The first-order valence-corrected chi connectivity index (χ1v) is 6.65. The van der Waals surface area contributed by atoms with Gasteiger partial charge in [0.05, 0.1) is 5.92 Å². The number of amides is 1. The van der Waals surface area contributed by atoms with Crippen molar-refractivity contribution in [1.82, 2.24) is 10.2 Å². The van der Waals surface area contributed by atoms with Gasteiger partial charge in [-0.05, 0) is 18.9 Å². The molecule has 1 saturated heterocycles. The lowest BCUT2D eigenvalue weighted by atomic mass is 9.99. The lowest BCUT2D eigenvalue weighted by Gasteiger charge is -2.16. The van der Waals surface area contributed by atoms with Gasteiger partial charge < -0.3 is 15.3 Å². The van der Waals surface area contributed by atoms with Crippen molar-refractivity contribution in [1.29, 1.82) is 0 Å². The number of carboxylic acids is 1. The molecule has 2 atom stereocenters. The van der Waals surface area contributed by atoms with Gasteiger partial charge in [-0.2, -0.15) is 0 Å². The average molecular weight is 256 g/mol. The highest BCUT2D eigenvalue weighted by Gasteiger charge is 2.36. The summed E-state index contributed by atoms with van der Waals surface area (Å²) in [4.78, 5) is 24.6. The van der Waals surface area contributed by atoms with E-state index in [1.54, 1.807) is 4.90 Å². The largest absolute Gasteiger partial charge is 0.481 e. The molecule has 1 amide bonds. The molecular formula is C13H24N2O3. The number of rotatable bonds is 6. The van der Waals surface area contributed by atoms with E-state index in [1.807, 2.05) is 6.92 Å². The minimum atomic E-state index is -0.792. The van der Waals surface area contributed by atoms with E-state index >= 15 is 0 Å². The van der Waals surface area contributed by atoms with Crippen molar-refractivity contribution in [2.24, 2.45) is 11.8 Å². The van der Waals surface area contributed by atoms with E-state index < -0.39 is 11.9 Å². The summed E-state index contributed by atoms with van der Waals surface area (Å²) in [6.45, 7) is 7.81. The third-order valence-corrected chi connectivity index (χ3v) is 3.40. The summed E-state index contributed by atoms with van der Waals surface area (Å²) in [7, 11) is 0. The highest BCUT2D eigenvalue weighted by Crippen LogP contribution is 2.23. The minimum absolute atomic E-state index is 0.0558. The first-order chi connectivity index (χ1) is 8.41. The Morgan fingerprint density at radius 3 is 2.56 bits per heavy atom. The van der Waals surface area contributed by atoms with Crippen molar-refractivity contribution >= 4 is 11.9 Å². The monoisotopic (exact) mass is 256 g/mol. The van der Waals surface area contributed by atoms with Crippen LogP contribution in [0.4, 0.5) is 0 Å². The third kappa shape index (κ3) is 4.29. The molecule has 1 rings (SSSR count). The van der Waals surface area contributed by atoms with E-state index in [1.165, 1.54) is 0 Å². The Labute approximate surface area is 109 Å². The predicted octanol–water partition coefficient (Wildman–Crippen LogP) is 0.944. The second-order valence-corrected chi connectivity index (χ2v) is 5.43. The molecule has 5 nitrogen and oxygen atoms in total. The molecule has 0 aromatic carbocycles. The van der Waals surface area contributed by atoms with Crippen LogP contribution >= 0.6 is 0 Å². The van der Waals surface area contributed by atoms with E-state index in [4.69, 9.17) is 5.11 Å². The van der Waals surface area contributed by atoms with Gasteiger partial charge in [0.15, 0.2) is 0 Å². The van der Waals surface area contributed by atoms with Crippen LogP contribution in [0, 0.1) is 11.8 Å². The molecule has 5 heteroatoms. The van der Waals surface area contributed by atoms with Crippen molar-refractivity contribution in [3.05, 3.63) is 0 Å². The summed E-state index contributed by atoms with van der Waals surface area (Å²) >= 11 is 0. The van der Waals surface area contributed by atoms with Crippen molar-refractivity contribution in [2.45, 2.75) is 39.7 Å². The third-order valence-electron chi connectivity index (χ3n) is 3.40. The number of aliphatic carboxylic acids is 1. The Morgan fingerprint density at radius 1 is 1.39 bits per heavy atom. The molecule has 0 aromatic rings. The Bertz CT molecular complexity index is 305. The molecule has 104 valence electrons. The fourth-order valence-electron chi connectivity index (χ4n) is 2.28. The summed E-state index contributed by atoms with van der Waals surface area (Å²) in [6.07, 6.45) is 1.30. The van der Waals surface area contributed by atoms with E-state index in [-0.39, 0.29) is 11.8 Å². The van der Waals surface area contributed by atoms with Crippen molar-refractivity contribution in [2.75, 3.05) is 19.6 Å². The molecular weight excluding hydrogens is 232 g/mol. The minimum Gasteiger partial charge on any atom is -0.481 e. The van der Waals surface area contributed by atoms with Crippen LogP contribution in [0.1, 0.15) is 33.6 Å². The molecule has 0 saturated carbocycles. The van der Waals surface area contributed by atoms with Gasteiger partial charge in [-0.15, -0.1) is 0 Å². The van der Waals surface area contributed by atoms with Gasteiger partial charge in [-0.1, -0.05) is 20.8 Å². The lowest BCUT2D eigenvalue weighted by Crippen LogP contribution is -2.31. The zero-order chi connectivity index (χ0) is 13.7. The highest BCUT2D eigenvalue weighted by molar-refractivity contribution is 5.78. The smallest absolute Gasteiger partial charge is 0.308 e. The highest BCUT2D eigenvalue weighted by atomic mass is 16.4. The Balaban J connectivity index is 2.29. The van der Waals surface area contributed by atoms with Gasteiger partial charge in [-0.3, -0.25) is 9.59 Å². The lowest BCUT2D eigenvalue weighted by molar-refractivity contribution is -0.142. The molecule has 1 aliphatic rings. The van der Waals surface area contributed by atoms with Gasteiger partial charge in [-0.25, -0.2) is 0 Å². The van der Waals surface area contributed by atoms with E-state index in [2.05, 4.69) is 19.2 Å². The maximum atomic E-state index is 11.9. The second-order valence-electron chi connectivity index (χ2n) is 5.43. The number of nitrogens with one attached hydrogen (secondary N) is 1. The first kappa shape index (κ1) is 15.0. The molecule has 0 aromatic heterocycles.